The number of nitrogens with zero attached hydrogens (tertiary/aromatic N) is 3. The Kier molecular flexibility index (Phi) is 10.4. The fourth-order valence-corrected chi connectivity index (χ4v) is 7.35. The first kappa shape index (κ1) is 36.4. The SMILES string of the molecule is COc1nc(-c2cccc(-c3cccc(-c4ccn5c(=O)c(CNC[C@@H]6CC(F)(F)C(=O)N6)cnc5c4)c3Cl)c2Cl)ccc1CNC[C@@H]1CCC(=O)N1. The smallest absolute Gasteiger partial charge is 0.326 e. The Bertz CT molecular complexity index is 2290. The molecule has 0 aliphatic carbocycles. The van der Waals surface area contributed by atoms with Crippen LogP contribution in [0.3, 0.4) is 0 Å². The third kappa shape index (κ3) is 7.61. The Hall–Kier alpha value is -4.95. The largest absolute Gasteiger partial charge is 0.481 e. The van der Waals surface area contributed by atoms with Gasteiger partial charge in [-0.05, 0) is 30.2 Å². The van der Waals surface area contributed by atoms with Gasteiger partial charge >= 0.3 is 5.92 Å². The summed E-state index contributed by atoms with van der Waals surface area (Å²) in [7, 11) is 1.57. The molecule has 0 saturated carbocycles. The van der Waals surface area contributed by atoms with Crippen LogP contribution in [0.1, 0.15) is 30.4 Å². The van der Waals surface area contributed by atoms with Crippen LogP contribution in [-0.4, -0.2) is 64.4 Å². The number of carbonyl (C=O) groups excluding carboxylic acids is 2. The van der Waals surface area contributed by atoms with Crippen LogP contribution in [0.4, 0.5) is 8.78 Å². The van der Waals surface area contributed by atoms with Crippen molar-refractivity contribution in [1.82, 2.24) is 35.6 Å². The molecule has 7 rings (SSSR count). The van der Waals surface area contributed by atoms with Gasteiger partial charge in [-0.2, -0.15) is 8.78 Å². The molecule has 5 heterocycles. The lowest BCUT2D eigenvalue weighted by Gasteiger charge is -2.16. The maximum absolute atomic E-state index is 13.5. The molecule has 2 atom stereocenters. The number of hydrogen-bond donors (Lipinski definition) is 4. The molecule has 2 amide bonds. The van der Waals surface area contributed by atoms with Crippen LogP contribution in [0, 0.1) is 0 Å². The zero-order valence-electron chi connectivity index (χ0n) is 28.5. The van der Waals surface area contributed by atoms with Crippen molar-refractivity contribution >= 4 is 40.7 Å². The van der Waals surface area contributed by atoms with Crippen molar-refractivity contribution in [3.05, 3.63) is 105 Å². The highest BCUT2D eigenvalue weighted by molar-refractivity contribution is 6.39. The summed E-state index contributed by atoms with van der Waals surface area (Å²) in [5.74, 6) is -4.13. The number of alkyl halides is 2. The lowest BCUT2D eigenvalue weighted by Crippen LogP contribution is -2.36. The van der Waals surface area contributed by atoms with E-state index in [0.29, 0.717) is 74.6 Å². The third-order valence-electron chi connectivity index (χ3n) is 9.46. The number of halogens is 4. The summed E-state index contributed by atoms with van der Waals surface area (Å²) in [6.45, 7) is 1.35. The van der Waals surface area contributed by atoms with E-state index in [0.717, 1.165) is 17.5 Å². The predicted molar refractivity (Wildman–Crippen MR) is 198 cm³/mol. The first-order valence-corrected chi connectivity index (χ1v) is 17.8. The molecule has 2 aliphatic rings. The van der Waals surface area contributed by atoms with E-state index in [1.165, 1.54) is 10.6 Å². The Morgan fingerprint density at radius 1 is 0.887 bits per heavy atom. The number of benzene rings is 2. The van der Waals surface area contributed by atoms with E-state index >= 15 is 0 Å². The molecular weight excluding hydrogens is 727 g/mol. The van der Waals surface area contributed by atoms with Crippen LogP contribution in [0.2, 0.25) is 10.0 Å². The third-order valence-corrected chi connectivity index (χ3v) is 10.3. The molecule has 2 fully saturated rings. The standard InChI is InChI=1S/C38H35Cl2F2N7O4/c1-53-35-22(16-43-19-24-9-11-32(50)46-24)8-10-30(48-35)29-7-3-6-28(34(29)40)27-5-2-4-26(33(27)39)21-12-13-49-31(14-21)45-18-23(36(49)51)17-44-20-25-15-38(41,42)37(52)47-25/h2-8,10,12-14,18,24-25,43-44H,9,11,15-17,19-20H2,1H3,(H,46,50)(H,47,52)/t24-,25-/m0/s1. The molecule has 0 bridgehead atoms. The number of pyridine rings is 2. The van der Waals surface area contributed by atoms with Gasteiger partial charge in [0, 0.05) is 96.9 Å². The second-order valence-corrected chi connectivity index (χ2v) is 13.8. The number of methoxy groups -OCH3 is 1. The van der Waals surface area contributed by atoms with Gasteiger partial charge in [-0.25, -0.2) is 9.97 Å². The summed E-state index contributed by atoms with van der Waals surface area (Å²) in [4.78, 5) is 45.4. The summed E-state index contributed by atoms with van der Waals surface area (Å²) >= 11 is 14.1. The average molecular weight is 763 g/mol. The van der Waals surface area contributed by atoms with Gasteiger partial charge in [0.1, 0.15) is 5.65 Å². The normalized spacial score (nSPS) is 18.0. The van der Waals surface area contributed by atoms with E-state index in [2.05, 4.69) is 26.3 Å². The van der Waals surface area contributed by atoms with Crippen molar-refractivity contribution in [3.63, 3.8) is 0 Å². The van der Waals surface area contributed by atoms with Crippen LogP contribution in [0.25, 0.3) is 39.2 Å². The summed E-state index contributed by atoms with van der Waals surface area (Å²) < 4.78 is 34.1. The van der Waals surface area contributed by atoms with E-state index in [1.807, 2.05) is 48.5 Å². The topological polar surface area (TPSA) is 139 Å². The molecule has 274 valence electrons. The van der Waals surface area contributed by atoms with E-state index < -0.39 is 24.3 Å². The number of fused-ring (bicyclic) bond motifs is 1. The maximum atomic E-state index is 13.5. The summed E-state index contributed by atoms with van der Waals surface area (Å²) in [6.07, 6.45) is 3.83. The second-order valence-electron chi connectivity index (χ2n) is 13.1. The minimum absolute atomic E-state index is 0.0772. The Balaban J connectivity index is 1.09. The average Bonchev–Trinajstić information content (AvgIpc) is 3.68. The Labute approximate surface area is 313 Å². The van der Waals surface area contributed by atoms with Crippen LogP contribution < -0.4 is 31.6 Å². The van der Waals surface area contributed by atoms with Crippen molar-refractivity contribution in [1.29, 1.82) is 0 Å². The van der Waals surface area contributed by atoms with E-state index in [4.69, 9.17) is 32.9 Å². The number of aromatic nitrogens is 3. The molecule has 3 aromatic heterocycles. The number of nitrogens with one attached hydrogen (secondary N) is 4. The molecule has 15 heteroatoms. The van der Waals surface area contributed by atoms with E-state index in [9.17, 15) is 23.2 Å². The van der Waals surface area contributed by atoms with Crippen molar-refractivity contribution < 1.29 is 23.1 Å². The molecule has 53 heavy (non-hydrogen) atoms. The zero-order valence-corrected chi connectivity index (χ0v) is 30.0. The molecule has 5 aromatic rings. The monoisotopic (exact) mass is 761 g/mol. The van der Waals surface area contributed by atoms with Gasteiger partial charge in [0.15, 0.2) is 0 Å². The van der Waals surface area contributed by atoms with Gasteiger partial charge < -0.3 is 26.0 Å². The number of hydrogen-bond acceptors (Lipinski definition) is 8. The lowest BCUT2D eigenvalue weighted by atomic mass is 9.97. The van der Waals surface area contributed by atoms with Gasteiger partial charge in [-0.3, -0.25) is 18.8 Å². The molecule has 0 unspecified atom stereocenters. The fourth-order valence-electron chi connectivity index (χ4n) is 6.69. The minimum Gasteiger partial charge on any atom is -0.481 e. The van der Waals surface area contributed by atoms with Crippen LogP contribution in [-0.2, 0) is 22.7 Å². The summed E-state index contributed by atoms with van der Waals surface area (Å²) in [5.41, 5.74) is 5.45. The van der Waals surface area contributed by atoms with Crippen molar-refractivity contribution in [2.24, 2.45) is 0 Å². The molecule has 2 aliphatic heterocycles. The first-order valence-electron chi connectivity index (χ1n) is 17.0. The molecule has 2 saturated heterocycles. The first-order chi connectivity index (χ1) is 25.5. The number of rotatable bonds is 12. The summed E-state index contributed by atoms with van der Waals surface area (Å²) in [6, 6.07) is 18.0. The molecule has 4 N–H and O–H groups in total. The molecule has 0 radical (unpaired) electrons. The van der Waals surface area contributed by atoms with Crippen molar-refractivity contribution in [2.75, 3.05) is 20.2 Å². The van der Waals surface area contributed by atoms with Crippen LogP contribution >= 0.6 is 23.2 Å². The van der Waals surface area contributed by atoms with Crippen LogP contribution in [0.15, 0.2) is 77.9 Å². The molecule has 2 aromatic carbocycles. The zero-order chi connectivity index (χ0) is 37.3. The van der Waals surface area contributed by atoms with Crippen molar-refractivity contribution in [3.8, 4) is 39.4 Å². The molecular formula is C38H35Cl2F2N7O4. The number of carbonyl (C=O) groups is 2. The summed E-state index contributed by atoms with van der Waals surface area (Å²) in [5, 5.41) is 12.5. The lowest BCUT2D eigenvalue weighted by molar-refractivity contribution is -0.139. The Morgan fingerprint density at radius 2 is 1.57 bits per heavy atom. The van der Waals surface area contributed by atoms with Gasteiger partial charge in [-0.15, -0.1) is 0 Å². The number of ether oxygens (including phenoxy) is 1. The van der Waals surface area contributed by atoms with Crippen LogP contribution in [0.5, 0.6) is 5.88 Å². The van der Waals surface area contributed by atoms with Crippen molar-refractivity contribution in [2.45, 2.75) is 50.4 Å². The molecule has 0 spiro atoms. The quantitative estimate of drug-likeness (QED) is 0.133. The van der Waals surface area contributed by atoms with Gasteiger partial charge in [-0.1, -0.05) is 65.7 Å². The molecule has 11 nitrogen and oxygen atoms in total. The Morgan fingerprint density at radius 3 is 2.25 bits per heavy atom. The second kappa shape index (κ2) is 15.2. The van der Waals surface area contributed by atoms with Gasteiger partial charge in [0.25, 0.3) is 11.5 Å². The minimum atomic E-state index is -3.39. The van der Waals surface area contributed by atoms with Gasteiger partial charge in [0.2, 0.25) is 11.8 Å². The highest BCUT2D eigenvalue weighted by Crippen LogP contribution is 2.42. The highest BCUT2D eigenvalue weighted by atomic mass is 35.5. The maximum Gasteiger partial charge on any atom is 0.326 e. The van der Waals surface area contributed by atoms with E-state index in [1.54, 1.807) is 25.4 Å². The highest BCUT2D eigenvalue weighted by Gasteiger charge is 2.47. The number of amides is 2. The fraction of sp³-hybridized carbons (Fsp3) is 0.289. The van der Waals surface area contributed by atoms with E-state index in [-0.39, 0.29) is 30.6 Å². The predicted octanol–water partition coefficient (Wildman–Crippen LogP) is 5.39. The van der Waals surface area contributed by atoms with Gasteiger partial charge in [0.05, 0.1) is 22.8 Å².